The minimum absolute atomic E-state index is 1.77. The van der Waals surface area contributed by atoms with Crippen LogP contribution in [0.15, 0.2) is 0 Å². The van der Waals surface area contributed by atoms with Crippen LogP contribution in [0.4, 0.5) is 13.2 Å². The van der Waals surface area contributed by atoms with Crippen LogP contribution < -0.4 is 0 Å². The Morgan fingerprint density at radius 3 is 1.20 bits per heavy atom. The molecule has 0 rings (SSSR count). The van der Waals surface area contributed by atoms with Gasteiger partial charge in [-0.3, -0.25) is 0 Å². The summed E-state index contributed by atoms with van der Waals surface area (Å²) in [6, 6.07) is 0. The Morgan fingerprint density at radius 1 is 1.20 bits per heavy atom. The fraction of sp³-hybridized carbons (Fsp3) is 0.500. The van der Waals surface area contributed by atoms with Gasteiger partial charge in [-0.25, -0.2) is 0 Å². The molecule has 0 amide bonds. The minimum atomic E-state index is -4.25. The number of hydrogen-bond donors (Lipinski definition) is 0. The average Bonchev–Trinajstić information content (AvgIpc) is 0.722. The lowest BCUT2D eigenvalue weighted by Crippen LogP contribution is -1.96. The Kier molecular flexibility index (Phi) is 0.753. The molecule has 0 saturated carbocycles. The molecule has 0 atom stereocenters. The maximum atomic E-state index is 10.2. The van der Waals surface area contributed by atoms with E-state index in [1.807, 2.05) is 0 Å². The van der Waals surface area contributed by atoms with Crippen molar-refractivity contribution in [1.29, 1.82) is 0 Å². The Balaban J connectivity index is 3.02. The molecule has 0 aromatic rings. The van der Waals surface area contributed by atoms with E-state index in [2.05, 4.69) is 0 Å². The molecule has 3 heteroatoms. The van der Waals surface area contributed by atoms with Gasteiger partial charge < -0.3 is 0 Å². The second-order valence-electron chi connectivity index (χ2n) is 0.615. The van der Waals surface area contributed by atoms with E-state index in [0.717, 1.165) is 0 Å². The molecule has 5 heavy (non-hydrogen) atoms. The normalized spacial score (nSPS) is 11.8. The molecule has 0 nitrogen and oxygen atoms in total. The van der Waals surface area contributed by atoms with E-state index in [9.17, 15) is 13.2 Å². The largest absolute Gasteiger partial charge is 0.546 e. The van der Waals surface area contributed by atoms with Crippen molar-refractivity contribution < 1.29 is 13.2 Å². The maximum absolute atomic E-state index is 10.2. The Labute approximate surface area is 27.6 Å². The highest BCUT2D eigenvalue weighted by atomic mass is 19.4. The second-order valence-corrected chi connectivity index (χ2v) is 0.615. The van der Waals surface area contributed by atoms with E-state index < -0.39 is 6.18 Å². The van der Waals surface area contributed by atoms with E-state index in [-0.39, 0.29) is 0 Å². The molecule has 0 fully saturated rings. The van der Waals surface area contributed by atoms with Crippen molar-refractivity contribution in [3.05, 3.63) is 6.92 Å². The van der Waals surface area contributed by atoms with Crippen molar-refractivity contribution in [3.63, 3.8) is 0 Å². The van der Waals surface area contributed by atoms with Crippen molar-refractivity contribution >= 4 is 0 Å². The molecule has 0 N–H and O–H groups in total. The molecule has 30 valence electrons. The summed E-state index contributed by atoms with van der Waals surface area (Å²) in [5.41, 5.74) is 0. The SMILES string of the molecule is [CH2+]C(F)(F)F. The lowest BCUT2D eigenvalue weighted by Gasteiger charge is -1.78. The summed E-state index contributed by atoms with van der Waals surface area (Å²) in [4.78, 5) is 0. The minimum Gasteiger partial charge on any atom is -0.128 e. The van der Waals surface area contributed by atoms with Crippen LogP contribution in [0.5, 0.6) is 0 Å². The first-order chi connectivity index (χ1) is 2.00. The summed E-state index contributed by atoms with van der Waals surface area (Å²) < 4.78 is 30.7. The molecule has 0 aliphatic rings. The van der Waals surface area contributed by atoms with Gasteiger partial charge in [0.15, 0.2) is 6.92 Å². The Bertz CT molecular complexity index is 20.4. The molecule has 0 heterocycles. The zero-order chi connectivity index (χ0) is 4.50. The zero-order valence-electron chi connectivity index (χ0n) is 2.34. The summed E-state index contributed by atoms with van der Waals surface area (Å²) in [5.74, 6) is 0. The van der Waals surface area contributed by atoms with Crippen molar-refractivity contribution in [2.24, 2.45) is 0 Å². The molecule has 0 bridgehead atoms. The van der Waals surface area contributed by atoms with Crippen molar-refractivity contribution in [2.75, 3.05) is 0 Å². The smallest absolute Gasteiger partial charge is 0.128 e. The van der Waals surface area contributed by atoms with Gasteiger partial charge in [0.1, 0.15) is 0 Å². The third-order valence-electron chi connectivity index (χ3n) is 0. The molecule has 0 aromatic heterocycles. The predicted molar refractivity (Wildman–Crippen MR) is 11.4 cm³/mol. The van der Waals surface area contributed by atoms with E-state index in [0.29, 0.717) is 0 Å². The first-order valence-corrected chi connectivity index (χ1v) is 0.921. The quantitative estimate of drug-likeness (QED) is 0.388. The van der Waals surface area contributed by atoms with Gasteiger partial charge in [0.2, 0.25) is 0 Å². The third-order valence-corrected chi connectivity index (χ3v) is 0. The summed E-state index contributed by atoms with van der Waals surface area (Å²) in [7, 11) is 0. The molecule has 0 unspecified atom stereocenters. The molecular weight excluding hydrogens is 81.0 g/mol. The molecule has 0 spiro atoms. The molecule has 0 aliphatic carbocycles. The third kappa shape index (κ3) is 87.2. The summed E-state index contributed by atoms with van der Waals surface area (Å²) in [6.45, 7) is 1.77. The zero-order valence-corrected chi connectivity index (χ0v) is 2.34. The van der Waals surface area contributed by atoms with Crippen LogP contribution in [0.1, 0.15) is 0 Å². The average molecular weight is 83.0 g/mol. The highest BCUT2D eigenvalue weighted by Crippen LogP contribution is 2.09. The predicted octanol–water partition coefficient (Wildman–Crippen LogP) is 1.38. The first-order valence-electron chi connectivity index (χ1n) is 0.921. The van der Waals surface area contributed by atoms with Gasteiger partial charge in [-0.05, 0) is 0 Å². The standard InChI is InChI=1S/C2H2F3/c1-2(3,4)5/h1H2/q+1. The van der Waals surface area contributed by atoms with Crippen LogP contribution >= 0.6 is 0 Å². The maximum Gasteiger partial charge on any atom is 0.546 e. The lowest BCUT2D eigenvalue weighted by atomic mass is 10.8. The first kappa shape index (κ1) is 4.66. The second kappa shape index (κ2) is 0.808. The highest BCUT2D eigenvalue weighted by Gasteiger charge is 2.27. The number of halogens is 3. The number of hydrogen-bond acceptors (Lipinski definition) is 0. The fourth-order valence-corrected chi connectivity index (χ4v) is 0. The van der Waals surface area contributed by atoms with Crippen LogP contribution in [0.25, 0.3) is 0 Å². The molecular formula is C2H2F3+. The molecule has 0 aromatic carbocycles. The molecule has 0 radical (unpaired) electrons. The summed E-state index contributed by atoms with van der Waals surface area (Å²) in [5, 5.41) is 0. The van der Waals surface area contributed by atoms with Gasteiger partial charge in [-0.2, -0.15) is 0 Å². The number of alkyl halides is 3. The fourth-order valence-electron chi connectivity index (χ4n) is 0. The van der Waals surface area contributed by atoms with Crippen LogP contribution in [0.3, 0.4) is 0 Å². The van der Waals surface area contributed by atoms with Gasteiger partial charge in [0, 0.05) is 0 Å². The van der Waals surface area contributed by atoms with Crippen LogP contribution in [-0.2, 0) is 0 Å². The highest BCUT2D eigenvalue weighted by molar-refractivity contribution is 4.45. The van der Waals surface area contributed by atoms with Gasteiger partial charge in [0.25, 0.3) is 0 Å². The van der Waals surface area contributed by atoms with Gasteiger partial charge in [-0.1, -0.05) is 0 Å². The number of rotatable bonds is 0. The van der Waals surface area contributed by atoms with E-state index in [4.69, 9.17) is 0 Å². The summed E-state index contributed by atoms with van der Waals surface area (Å²) in [6.07, 6.45) is -4.25. The van der Waals surface area contributed by atoms with Gasteiger partial charge >= 0.3 is 6.18 Å². The van der Waals surface area contributed by atoms with Crippen molar-refractivity contribution in [3.8, 4) is 0 Å². The van der Waals surface area contributed by atoms with Crippen LogP contribution in [0, 0.1) is 6.92 Å². The molecule has 0 aliphatic heterocycles. The Hall–Kier alpha value is -0.340. The van der Waals surface area contributed by atoms with E-state index >= 15 is 0 Å². The van der Waals surface area contributed by atoms with Crippen molar-refractivity contribution in [1.82, 2.24) is 0 Å². The van der Waals surface area contributed by atoms with Crippen molar-refractivity contribution in [2.45, 2.75) is 6.18 Å². The lowest BCUT2D eigenvalue weighted by molar-refractivity contribution is -0.0829. The van der Waals surface area contributed by atoms with Crippen LogP contribution in [0.2, 0.25) is 0 Å². The monoisotopic (exact) mass is 83.0 g/mol. The van der Waals surface area contributed by atoms with E-state index in [1.54, 1.807) is 6.92 Å². The van der Waals surface area contributed by atoms with Crippen LogP contribution in [-0.4, -0.2) is 6.18 Å². The Morgan fingerprint density at radius 2 is 1.20 bits per heavy atom. The molecule has 0 saturated heterocycles. The topological polar surface area (TPSA) is 0 Å². The van der Waals surface area contributed by atoms with Gasteiger partial charge in [-0.15, -0.1) is 13.2 Å². The van der Waals surface area contributed by atoms with Gasteiger partial charge in [0.05, 0.1) is 0 Å². The van der Waals surface area contributed by atoms with E-state index in [1.165, 1.54) is 0 Å². The summed E-state index contributed by atoms with van der Waals surface area (Å²) >= 11 is 0.